The van der Waals surface area contributed by atoms with Gasteiger partial charge in [-0.3, -0.25) is 15.0 Å². The molecule has 0 atom stereocenters. The quantitative estimate of drug-likeness (QED) is 0.568. The molecule has 1 saturated heterocycles. The van der Waals surface area contributed by atoms with Gasteiger partial charge in [0.2, 0.25) is 0 Å². The summed E-state index contributed by atoms with van der Waals surface area (Å²) in [4.78, 5) is 15.3. The van der Waals surface area contributed by atoms with Crippen LogP contribution < -0.4 is 4.90 Å². The smallest absolute Gasteiger partial charge is 0.292 e. The predicted molar refractivity (Wildman–Crippen MR) is 90.5 cm³/mol. The van der Waals surface area contributed by atoms with Crippen LogP contribution >= 0.6 is 15.9 Å². The minimum Gasteiger partial charge on any atom is -0.377 e. The Balaban J connectivity index is 1.94. The van der Waals surface area contributed by atoms with Crippen molar-refractivity contribution in [2.75, 3.05) is 44.2 Å². The summed E-state index contributed by atoms with van der Waals surface area (Å²) < 4.78 is 6.43. The van der Waals surface area contributed by atoms with E-state index >= 15 is 0 Å². The molecule has 0 N–H and O–H groups in total. The van der Waals surface area contributed by atoms with Gasteiger partial charge >= 0.3 is 0 Å². The van der Waals surface area contributed by atoms with Gasteiger partial charge in [0.05, 0.1) is 17.6 Å². The number of hydrogen-bond donors (Lipinski definition) is 0. The van der Waals surface area contributed by atoms with Crippen molar-refractivity contribution in [3.8, 4) is 0 Å². The van der Waals surface area contributed by atoms with Crippen LogP contribution in [0.2, 0.25) is 0 Å². The Morgan fingerprint density at radius 2 is 2.00 bits per heavy atom. The minimum atomic E-state index is -0.315. The highest BCUT2D eigenvalue weighted by molar-refractivity contribution is 9.10. The van der Waals surface area contributed by atoms with E-state index in [0.717, 1.165) is 43.8 Å². The number of piperazine rings is 1. The molecule has 0 aromatic heterocycles. The van der Waals surface area contributed by atoms with E-state index in [1.54, 1.807) is 12.1 Å². The summed E-state index contributed by atoms with van der Waals surface area (Å²) in [6.07, 6.45) is 0.255. The highest BCUT2D eigenvalue weighted by Crippen LogP contribution is 2.31. The van der Waals surface area contributed by atoms with Gasteiger partial charge in [0.15, 0.2) is 0 Å². The molecule has 1 heterocycles. The van der Waals surface area contributed by atoms with E-state index in [0.29, 0.717) is 5.69 Å². The number of anilines is 1. The van der Waals surface area contributed by atoms with Crippen molar-refractivity contribution in [1.82, 2.24) is 4.90 Å². The van der Waals surface area contributed by atoms with Crippen LogP contribution in [0.5, 0.6) is 0 Å². The molecule has 0 saturated carbocycles. The zero-order valence-corrected chi connectivity index (χ0v) is 14.6. The van der Waals surface area contributed by atoms with E-state index < -0.39 is 0 Å². The van der Waals surface area contributed by atoms with E-state index in [1.807, 2.05) is 19.9 Å². The van der Waals surface area contributed by atoms with Gasteiger partial charge in [0.1, 0.15) is 5.69 Å². The van der Waals surface area contributed by atoms with Crippen LogP contribution in [-0.4, -0.2) is 55.3 Å². The van der Waals surface area contributed by atoms with Crippen molar-refractivity contribution in [1.29, 1.82) is 0 Å². The first-order valence-electron chi connectivity index (χ1n) is 7.50. The molecular weight excluding hydrogens is 350 g/mol. The zero-order chi connectivity index (χ0) is 16.1. The lowest BCUT2D eigenvalue weighted by Crippen LogP contribution is -2.47. The number of nitrogens with zero attached hydrogens (tertiary/aromatic N) is 3. The van der Waals surface area contributed by atoms with Gasteiger partial charge in [0, 0.05) is 43.3 Å². The lowest BCUT2D eigenvalue weighted by atomic mass is 10.2. The normalized spacial score (nSPS) is 16.3. The lowest BCUT2D eigenvalue weighted by Gasteiger charge is -2.35. The molecule has 0 bridgehead atoms. The standard InChI is InChI=1S/C15H22BrN3O3/c1-12(2)22-10-9-17-5-7-18(8-6-17)15-11-13(16)3-4-14(15)19(20)21/h3-4,11-12H,5-10H2,1-2H3. The minimum absolute atomic E-state index is 0.166. The molecule has 122 valence electrons. The monoisotopic (exact) mass is 371 g/mol. The molecule has 0 radical (unpaired) electrons. The van der Waals surface area contributed by atoms with Crippen molar-refractivity contribution in [2.45, 2.75) is 20.0 Å². The number of hydrogen-bond acceptors (Lipinski definition) is 5. The molecular formula is C15H22BrN3O3. The third-order valence-corrected chi connectivity index (χ3v) is 4.20. The summed E-state index contributed by atoms with van der Waals surface area (Å²) in [6.45, 7) is 9.07. The van der Waals surface area contributed by atoms with Gasteiger partial charge in [-0.1, -0.05) is 15.9 Å². The number of halogens is 1. The third kappa shape index (κ3) is 4.66. The fourth-order valence-electron chi connectivity index (χ4n) is 2.53. The Kier molecular flexibility index (Phi) is 6.16. The third-order valence-electron chi connectivity index (χ3n) is 3.71. The summed E-state index contributed by atoms with van der Waals surface area (Å²) in [7, 11) is 0. The highest BCUT2D eigenvalue weighted by Gasteiger charge is 2.23. The van der Waals surface area contributed by atoms with Crippen LogP contribution in [-0.2, 0) is 4.74 Å². The van der Waals surface area contributed by atoms with E-state index in [-0.39, 0.29) is 16.7 Å². The summed E-state index contributed by atoms with van der Waals surface area (Å²) in [5.41, 5.74) is 0.859. The van der Waals surface area contributed by atoms with Crippen LogP contribution in [0.25, 0.3) is 0 Å². The Hall–Kier alpha value is -1.18. The van der Waals surface area contributed by atoms with Gasteiger partial charge in [-0.25, -0.2) is 0 Å². The molecule has 7 heteroatoms. The van der Waals surface area contributed by atoms with Crippen LogP contribution in [0, 0.1) is 10.1 Å². The Morgan fingerprint density at radius 3 is 2.59 bits per heavy atom. The summed E-state index contributed by atoms with van der Waals surface area (Å²) in [5, 5.41) is 11.2. The number of nitro benzene ring substituents is 1. The fraction of sp³-hybridized carbons (Fsp3) is 0.600. The molecule has 0 unspecified atom stereocenters. The molecule has 6 nitrogen and oxygen atoms in total. The van der Waals surface area contributed by atoms with Crippen molar-refractivity contribution in [3.63, 3.8) is 0 Å². The van der Waals surface area contributed by atoms with Crippen LogP contribution in [0.4, 0.5) is 11.4 Å². The molecule has 0 aliphatic carbocycles. The SMILES string of the molecule is CC(C)OCCN1CCN(c2cc(Br)ccc2[N+](=O)[O-])CC1. The number of ether oxygens (including phenoxy) is 1. The highest BCUT2D eigenvalue weighted by atomic mass is 79.9. The maximum Gasteiger partial charge on any atom is 0.292 e. The van der Waals surface area contributed by atoms with E-state index in [9.17, 15) is 10.1 Å². The molecule has 22 heavy (non-hydrogen) atoms. The van der Waals surface area contributed by atoms with Gasteiger partial charge < -0.3 is 9.64 Å². The van der Waals surface area contributed by atoms with Crippen LogP contribution in [0.3, 0.4) is 0 Å². The second kappa shape index (κ2) is 7.89. The average Bonchev–Trinajstić information content (AvgIpc) is 2.47. The Morgan fingerprint density at radius 1 is 1.32 bits per heavy atom. The Bertz CT molecular complexity index is 517. The summed E-state index contributed by atoms with van der Waals surface area (Å²) in [5.74, 6) is 0. The van der Waals surface area contributed by atoms with Crippen molar-refractivity contribution in [2.24, 2.45) is 0 Å². The van der Waals surface area contributed by atoms with Crippen LogP contribution in [0.15, 0.2) is 22.7 Å². The molecule has 1 aliphatic rings. The molecule has 0 spiro atoms. The van der Waals surface area contributed by atoms with Gasteiger partial charge in [0.25, 0.3) is 5.69 Å². The average molecular weight is 372 g/mol. The summed E-state index contributed by atoms with van der Waals surface area (Å²) >= 11 is 3.40. The molecule has 1 fully saturated rings. The molecule has 2 rings (SSSR count). The number of nitro groups is 1. The van der Waals surface area contributed by atoms with Crippen molar-refractivity contribution in [3.05, 3.63) is 32.8 Å². The Labute approximate surface area is 139 Å². The van der Waals surface area contributed by atoms with E-state index in [2.05, 4.69) is 25.7 Å². The first kappa shape index (κ1) is 17.2. The van der Waals surface area contributed by atoms with Crippen molar-refractivity contribution >= 4 is 27.3 Å². The topological polar surface area (TPSA) is 58.8 Å². The molecule has 0 amide bonds. The van der Waals surface area contributed by atoms with Gasteiger partial charge in [-0.15, -0.1) is 0 Å². The zero-order valence-electron chi connectivity index (χ0n) is 13.0. The maximum atomic E-state index is 11.2. The first-order valence-corrected chi connectivity index (χ1v) is 8.29. The van der Waals surface area contributed by atoms with E-state index in [4.69, 9.17) is 4.74 Å². The fourth-order valence-corrected chi connectivity index (χ4v) is 2.88. The predicted octanol–water partition coefficient (Wildman–Crippen LogP) is 2.90. The van der Waals surface area contributed by atoms with Gasteiger partial charge in [-0.2, -0.15) is 0 Å². The molecule has 1 aliphatic heterocycles. The lowest BCUT2D eigenvalue weighted by molar-refractivity contribution is -0.384. The largest absolute Gasteiger partial charge is 0.377 e. The van der Waals surface area contributed by atoms with Crippen molar-refractivity contribution < 1.29 is 9.66 Å². The van der Waals surface area contributed by atoms with Gasteiger partial charge in [-0.05, 0) is 26.0 Å². The molecule has 1 aromatic rings. The first-order chi connectivity index (χ1) is 10.5. The van der Waals surface area contributed by atoms with E-state index in [1.165, 1.54) is 0 Å². The summed E-state index contributed by atoms with van der Waals surface area (Å²) in [6, 6.07) is 5.10. The maximum absolute atomic E-state index is 11.2. The molecule has 1 aromatic carbocycles. The second-order valence-electron chi connectivity index (χ2n) is 5.64. The van der Waals surface area contributed by atoms with Crippen LogP contribution in [0.1, 0.15) is 13.8 Å². The second-order valence-corrected chi connectivity index (χ2v) is 6.55. The number of benzene rings is 1. The number of rotatable bonds is 6.